The zero-order valence-electron chi connectivity index (χ0n) is 18.2. The van der Waals surface area contributed by atoms with Gasteiger partial charge >= 0.3 is 10.2 Å². The number of nitrogens with zero attached hydrogens (tertiary/aromatic N) is 4. The molecular weight excluding hydrogens is 430 g/mol. The molecule has 0 atom stereocenters. The Morgan fingerprint density at radius 2 is 1.84 bits per heavy atom. The van der Waals surface area contributed by atoms with Gasteiger partial charge in [-0.3, -0.25) is 4.68 Å². The van der Waals surface area contributed by atoms with E-state index in [0.29, 0.717) is 31.7 Å². The number of amidine groups is 1. The fraction of sp³-hybridized carbons (Fsp3) is 0.545. The van der Waals surface area contributed by atoms with Crippen LogP contribution in [0.2, 0.25) is 0 Å². The molecule has 0 unspecified atom stereocenters. The summed E-state index contributed by atoms with van der Waals surface area (Å²) in [5, 5.41) is 19.9. The van der Waals surface area contributed by atoms with Crippen LogP contribution in [0.15, 0.2) is 22.9 Å². The molecule has 172 valence electrons. The fourth-order valence-electron chi connectivity index (χ4n) is 5.22. The first-order valence-electron chi connectivity index (χ1n) is 11.2. The Labute approximate surface area is 188 Å². The van der Waals surface area contributed by atoms with E-state index in [9.17, 15) is 13.5 Å². The second-order valence-corrected chi connectivity index (χ2v) is 10.2. The predicted octanol–water partition coefficient (Wildman–Crippen LogP) is 1.46. The lowest BCUT2D eigenvalue weighted by Gasteiger charge is -2.33. The van der Waals surface area contributed by atoms with E-state index in [4.69, 9.17) is 4.74 Å². The minimum atomic E-state index is -4.27. The maximum atomic E-state index is 13.3. The van der Waals surface area contributed by atoms with Crippen LogP contribution in [-0.2, 0) is 47.7 Å². The molecule has 0 saturated carbocycles. The molecule has 1 N–H and O–H groups in total. The summed E-state index contributed by atoms with van der Waals surface area (Å²) in [4.78, 5) is 0. The summed E-state index contributed by atoms with van der Waals surface area (Å²) >= 11 is 0. The highest BCUT2D eigenvalue weighted by Gasteiger charge is 2.32. The number of rotatable bonds is 5. The Kier molecular flexibility index (Phi) is 5.58. The number of aromatic nitrogens is 2. The third-order valence-corrected chi connectivity index (χ3v) is 8.02. The van der Waals surface area contributed by atoms with Crippen LogP contribution in [0.5, 0.6) is 0 Å². The highest BCUT2D eigenvalue weighted by Crippen LogP contribution is 2.38. The molecule has 1 fully saturated rings. The summed E-state index contributed by atoms with van der Waals surface area (Å²) < 4.78 is 38.5. The number of anilines is 2. The number of benzene rings is 1. The predicted molar refractivity (Wildman–Crippen MR) is 120 cm³/mol. The van der Waals surface area contributed by atoms with Crippen molar-refractivity contribution in [2.24, 2.45) is 11.4 Å². The van der Waals surface area contributed by atoms with Gasteiger partial charge in [0, 0.05) is 32.1 Å². The summed E-state index contributed by atoms with van der Waals surface area (Å²) in [7, 11) is -2.55. The number of hydrogen-bond acceptors (Lipinski definition) is 5. The van der Waals surface area contributed by atoms with Crippen LogP contribution in [0, 0.1) is 0 Å². The van der Waals surface area contributed by atoms with E-state index in [1.165, 1.54) is 26.3 Å². The zero-order chi connectivity index (χ0) is 22.3. The van der Waals surface area contributed by atoms with Crippen molar-refractivity contribution in [3.8, 4) is 0 Å². The van der Waals surface area contributed by atoms with E-state index in [0.717, 1.165) is 55.3 Å². The first kappa shape index (κ1) is 21.3. The average Bonchev–Trinajstić information content (AvgIpc) is 3.49. The summed E-state index contributed by atoms with van der Waals surface area (Å²) in [5.74, 6) is 0. The molecule has 9 nitrogen and oxygen atoms in total. The van der Waals surface area contributed by atoms with Gasteiger partial charge in [-0.25, -0.2) is 4.31 Å². The molecule has 3 aliphatic rings. The van der Waals surface area contributed by atoms with Crippen molar-refractivity contribution in [2.75, 3.05) is 22.8 Å². The Balaban J connectivity index is 1.48. The molecule has 2 heterocycles. The molecule has 2 aromatic rings. The third kappa shape index (κ3) is 3.97. The highest BCUT2D eigenvalue weighted by atomic mass is 32.2. The molecule has 32 heavy (non-hydrogen) atoms. The number of nitrogens with one attached hydrogen (secondary N) is 1. The van der Waals surface area contributed by atoms with E-state index >= 15 is 0 Å². The number of aryl methyl sites for hydroxylation is 3. The molecule has 1 aliphatic heterocycles. The normalized spacial score (nSPS) is 19.1. The van der Waals surface area contributed by atoms with Crippen molar-refractivity contribution < 1.29 is 18.3 Å². The third-order valence-electron chi connectivity index (χ3n) is 6.62. The zero-order valence-corrected chi connectivity index (χ0v) is 19.0. The van der Waals surface area contributed by atoms with Crippen molar-refractivity contribution in [3.05, 3.63) is 40.7 Å². The molecule has 0 spiro atoms. The van der Waals surface area contributed by atoms with Crippen LogP contribution in [0.25, 0.3) is 0 Å². The average molecular weight is 459 g/mol. The Morgan fingerprint density at radius 1 is 1.19 bits per heavy atom. The van der Waals surface area contributed by atoms with Crippen molar-refractivity contribution in [1.82, 2.24) is 9.78 Å². The van der Waals surface area contributed by atoms with Gasteiger partial charge in [0.05, 0.1) is 23.9 Å². The molecule has 10 heteroatoms. The maximum Gasteiger partial charge on any atom is 0.345 e. The van der Waals surface area contributed by atoms with Gasteiger partial charge in [0.15, 0.2) is 0 Å². The largest absolute Gasteiger partial charge is 0.845 e. The van der Waals surface area contributed by atoms with E-state index in [1.54, 1.807) is 13.2 Å². The smallest absolute Gasteiger partial charge is 0.345 e. The highest BCUT2D eigenvalue weighted by molar-refractivity contribution is 7.91. The summed E-state index contributed by atoms with van der Waals surface area (Å²) in [6, 6.07) is 1.09. The van der Waals surface area contributed by atoms with Crippen LogP contribution in [-0.4, -0.2) is 43.5 Å². The lowest BCUT2D eigenvalue weighted by Crippen LogP contribution is -2.44. The first-order chi connectivity index (χ1) is 15.4. The van der Waals surface area contributed by atoms with Gasteiger partial charge in [0.1, 0.15) is 0 Å². The second-order valence-electron chi connectivity index (χ2n) is 8.74. The molecule has 0 radical (unpaired) electrons. The lowest BCUT2D eigenvalue weighted by molar-refractivity contribution is -0.213. The monoisotopic (exact) mass is 458 g/mol. The minimum Gasteiger partial charge on any atom is -0.845 e. The van der Waals surface area contributed by atoms with Crippen LogP contribution in [0.4, 0.5) is 11.4 Å². The van der Waals surface area contributed by atoms with E-state index in [-0.39, 0.29) is 6.04 Å². The summed E-state index contributed by atoms with van der Waals surface area (Å²) in [6.07, 6.45) is 10.1. The lowest BCUT2D eigenvalue weighted by atomic mass is 9.99. The standard InChI is InChI=1S/C22H29N5O4S/c1-26-14-18(13-23-26)27(17-8-10-31-11-9-17)32(29,30)25-22(28)24-21-19-6-2-4-15(19)12-16-5-3-7-20(16)21/h12-14,17H,2-11H2,1H3,(H2,24,25,28)/p-1. The maximum absolute atomic E-state index is 13.3. The summed E-state index contributed by atoms with van der Waals surface area (Å²) in [5.41, 5.74) is 6.00. The van der Waals surface area contributed by atoms with Crippen LogP contribution in [0.1, 0.15) is 47.9 Å². The second kappa shape index (κ2) is 8.40. The van der Waals surface area contributed by atoms with Crippen LogP contribution < -0.4 is 14.7 Å². The van der Waals surface area contributed by atoms with Gasteiger partial charge < -0.3 is 15.2 Å². The van der Waals surface area contributed by atoms with E-state index < -0.39 is 16.2 Å². The number of hydrogen-bond donors (Lipinski definition) is 1. The van der Waals surface area contributed by atoms with Crippen molar-refractivity contribution in [3.63, 3.8) is 0 Å². The van der Waals surface area contributed by atoms with Crippen molar-refractivity contribution in [2.45, 2.75) is 57.4 Å². The van der Waals surface area contributed by atoms with E-state index in [1.807, 2.05) is 0 Å². The van der Waals surface area contributed by atoms with E-state index in [2.05, 4.69) is 20.9 Å². The Hall–Kier alpha value is -2.59. The van der Waals surface area contributed by atoms with Gasteiger partial charge in [0.2, 0.25) is 0 Å². The van der Waals surface area contributed by atoms with Crippen LogP contribution in [0.3, 0.4) is 0 Å². The van der Waals surface area contributed by atoms with Gasteiger partial charge in [-0.2, -0.15) is 13.5 Å². The van der Waals surface area contributed by atoms with Crippen LogP contribution >= 0.6 is 0 Å². The number of fused-ring (bicyclic) bond motifs is 2. The molecule has 2 aliphatic carbocycles. The van der Waals surface area contributed by atoms with Gasteiger partial charge in [-0.05, 0) is 73.6 Å². The SMILES string of the molecule is Cn1cc(N(C2CCOCC2)S(=O)(=O)/N=C(\[O-])Nc2c3c(cc4c2CCC4)CCC3)cn1. The molecule has 1 saturated heterocycles. The quantitative estimate of drug-likeness (QED) is 0.536. The summed E-state index contributed by atoms with van der Waals surface area (Å²) in [6.45, 7) is 0.927. The molecule has 1 aromatic heterocycles. The first-order valence-corrected chi connectivity index (χ1v) is 12.6. The molecule has 5 rings (SSSR count). The Bertz CT molecular complexity index is 1120. The number of ether oxygens (including phenoxy) is 1. The van der Waals surface area contributed by atoms with Crippen molar-refractivity contribution in [1.29, 1.82) is 0 Å². The molecule has 1 aromatic carbocycles. The molecular formula is C22H28N5O4S-. The molecule has 0 amide bonds. The van der Waals surface area contributed by atoms with Gasteiger partial charge in [0.25, 0.3) is 0 Å². The van der Waals surface area contributed by atoms with Gasteiger partial charge in [-0.1, -0.05) is 6.07 Å². The van der Waals surface area contributed by atoms with Crippen molar-refractivity contribution >= 4 is 27.6 Å². The Morgan fingerprint density at radius 3 is 2.44 bits per heavy atom. The topological polar surface area (TPSA) is 112 Å². The minimum absolute atomic E-state index is 0.334. The fourth-order valence-corrected chi connectivity index (χ4v) is 6.51. The molecule has 0 bridgehead atoms. The van der Waals surface area contributed by atoms with Gasteiger partial charge in [-0.15, -0.1) is 4.40 Å².